The molecule has 28 heavy (non-hydrogen) atoms. The van der Waals surface area contributed by atoms with E-state index in [1.54, 1.807) is 28.3 Å². The fourth-order valence-corrected chi connectivity index (χ4v) is 4.52. The molecule has 0 saturated carbocycles. The number of hydrogen-bond donors (Lipinski definition) is 1. The Bertz CT molecular complexity index is 1070. The standard InChI is InChI=1S/C20H22N4O3S/c1-11(2)24-18-14(10-21-24)13(9-15(22-18)17-7-6-12(3)28-17)19(25)23-8-4-5-16(23)20(26)27/h6-7,9-11,16H,4-5,8H2,1-3H3,(H,26,27). The van der Waals surface area contributed by atoms with E-state index in [1.807, 2.05) is 32.9 Å². The van der Waals surface area contributed by atoms with E-state index in [9.17, 15) is 14.7 Å². The van der Waals surface area contributed by atoms with Gasteiger partial charge in [0.2, 0.25) is 0 Å². The number of aromatic nitrogens is 3. The summed E-state index contributed by atoms with van der Waals surface area (Å²) in [5.41, 5.74) is 1.82. The van der Waals surface area contributed by atoms with Crippen LogP contribution in [0.5, 0.6) is 0 Å². The number of aryl methyl sites for hydroxylation is 1. The van der Waals surface area contributed by atoms with Crippen molar-refractivity contribution in [3.63, 3.8) is 0 Å². The van der Waals surface area contributed by atoms with Crippen molar-refractivity contribution >= 4 is 34.2 Å². The largest absolute Gasteiger partial charge is 0.480 e. The van der Waals surface area contributed by atoms with Gasteiger partial charge in [-0.3, -0.25) is 4.79 Å². The summed E-state index contributed by atoms with van der Waals surface area (Å²) < 4.78 is 1.80. The summed E-state index contributed by atoms with van der Waals surface area (Å²) >= 11 is 1.61. The van der Waals surface area contributed by atoms with Gasteiger partial charge in [-0.25, -0.2) is 14.5 Å². The molecule has 3 aromatic heterocycles. The highest BCUT2D eigenvalue weighted by atomic mass is 32.1. The summed E-state index contributed by atoms with van der Waals surface area (Å²) in [7, 11) is 0. The first-order valence-corrected chi connectivity index (χ1v) is 10.2. The van der Waals surface area contributed by atoms with E-state index < -0.39 is 12.0 Å². The summed E-state index contributed by atoms with van der Waals surface area (Å²) in [4.78, 5) is 33.3. The first-order valence-electron chi connectivity index (χ1n) is 9.35. The molecule has 0 aliphatic carbocycles. The van der Waals surface area contributed by atoms with Crippen LogP contribution >= 0.6 is 11.3 Å². The molecule has 146 valence electrons. The lowest BCUT2D eigenvalue weighted by atomic mass is 10.1. The number of fused-ring (bicyclic) bond motifs is 1. The molecule has 0 aromatic carbocycles. The van der Waals surface area contributed by atoms with E-state index in [4.69, 9.17) is 4.98 Å². The third-order valence-corrected chi connectivity index (χ3v) is 6.10. The minimum Gasteiger partial charge on any atom is -0.480 e. The maximum Gasteiger partial charge on any atom is 0.326 e. The van der Waals surface area contributed by atoms with Crippen LogP contribution in [0.2, 0.25) is 0 Å². The molecule has 1 unspecified atom stereocenters. The minimum absolute atomic E-state index is 0.0897. The number of aliphatic carboxylic acids is 1. The van der Waals surface area contributed by atoms with Gasteiger partial charge in [-0.2, -0.15) is 5.10 Å². The Morgan fingerprint density at radius 1 is 1.32 bits per heavy atom. The second-order valence-electron chi connectivity index (χ2n) is 7.38. The topological polar surface area (TPSA) is 88.3 Å². The van der Waals surface area contributed by atoms with Crippen LogP contribution in [0.15, 0.2) is 24.4 Å². The molecule has 1 N–H and O–H groups in total. The summed E-state index contributed by atoms with van der Waals surface area (Å²) in [5.74, 6) is -1.22. The van der Waals surface area contributed by atoms with Crippen molar-refractivity contribution in [1.82, 2.24) is 19.7 Å². The monoisotopic (exact) mass is 398 g/mol. The third-order valence-electron chi connectivity index (χ3n) is 5.08. The molecule has 4 heterocycles. The molecule has 4 rings (SSSR count). The highest BCUT2D eigenvalue weighted by molar-refractivity contribution is 7.15. The van der Waals surface area contributed by atoms with Crippen LogP contribution < -0.4 is 0 Å². The molecule has 0 bridgehead atoms. The van der Waals surface area contributed by atoms with Crippen LogP contribution in [-0.2, 0) is 4.79 Å². The molecule has 1 aliphatic rings. The third kappa shape index (κ3) is 3.07. The predicted molar refractivity (Wildman–Crippen MR) is 108 cm³/mol. The van der Waals surface area contributed by atoms with Crippen LogP contribution in [0.4, 0.5) is 0 Å². The number of rotatable bonds is 4. The van der Waals surface area contributed by atoms with Crippen LogP contribution in [0.3, 0.4) is 0 Å². The highest BCUT2D eigenvalue weighted by Crippen LogP contribution is 2.32. The molecule has 1 saturated heterocycles. The van der Waals surface area contributed by atoms with Crippen molar-refractivity contribution < 1.29 is 14.7 Å². The molecular weight excluding hydrogens is 376 g/mol. The molecule has 3 aromatic rings. The number of carboxylic acids is 1. The molecular formula is C20H22N4O3S. The molecule has 1 fully saturated rings. The highest BCUT2D eigenvalue weighted by Gasteiger charge is 2.35. The number of pyridine rings is 1. The normalized spacial score (nSPS) is 17.0. The number of carbonyl (C=O) groups excluding carboxylic acids is 1. The zero-order chi connectivity index (χ0) is 20.0. The van der Waals surface area contributed by atoms with Gasteiger partial charge < -0.3 is 10.0 Å². The van der Waals surface area contributed by atoms with Crippen LogP contribution in [-0.4, -0.2) is 49.2 Å². The second kappa shape index (κ2) is 7.01. The predicted octanol–water partition coefficient (Wildman–Crippen LogP) is 3.74. The van der Waals surface area contributed by atoms with Gasteiger partial charge in [-0.15, -0.1) is 11.3 Å². The van der Waals surface area contributed by atoms with E-state index in [0.29, 0.717) is 41.7 Å². The maximum absolute atomic E-state index is 13.3. The van der Waals surface area contributed by atoms with Crippen molar-refractivity contribution in [3.8, 4) is 10.6 Å². The van der Waals surface area contributed by atoms with E-state index in [2.05, 4.69) is 5.10 Å². The fraction of sp³-hybridized carbons (Fsp3) is 0.400. The fourth-order valence-electron chi connectivity index (χ4n) is 3.69. The zero-order valence-corrected chi connectivity index (χ0v) is 16.9. The van der Waals surface area contributed by atoms with Gasteiger partial charge in [0.1, 0.15) is 6.04 Å². The lowest BCUT2D eigenvalue weighted by molar-refractivity contribution is -0.141. The van der Waals surface area contributed by atoms with Crippen molar-refractivity contribution in [2.75, 3.05) is 6.54 Å². The van der Waals surface area contributed by atoms with E-state index in [0.717, 1.165) is 9.75 Å². The van der Waals surface area contributed by atoms with Gasteiger partial charge >= 0.3 is 5.97 Å². The van der Waals surface area contributed by atoms with Crippen molar-refractivity contribution in [3.05, 3.63) is 34.8 Å². The Hall–Kier alpha value is -2.74. The lowest BCUT2D eigenvalue weighted by Crippen LogP contribution is -2.40. The Kier molecular flexibility index (Phi) is 4.66. The smallest absolute Gasteiger partial charge is 0.326 e. The van der Waals surface area contributed by atoms with E-state index in [-0.39, 0.29) is 11.9 Å². The van der Waals surface area contributed by atoms with Gasteiger partial charge in [-0.05, 0) is 51.8 Å². The van der Waals surface area contributed by atoms with E-state index in [1.165, 1.54) is 4.90 Å². The van der Waals surface area contributed by atoms with E-state index >= 15 is 0 Å². The first-order chi connectivity index (χ1) is 13.4. The van der Waals surface area contributed by atoms with Gasteiger partial charge in [-0.1, -0.05) is 0 Å². The summed E-state index contributed by atoms with van der Waals surface area (Å²) in [5, 5.41) is 14.6. The van der Waals surface area contributed by atoms with Gasteiger partial charge in [0, 0.05) is 17.5 Å². The Morgan fingerprint density at radius 2 is 2.11 bits per heavy atom. The first kappa shape index (κ1) is 18.6. The van der Waals surface area contributed by atoms with Crippen molar-refractivity contribution in [2.45, 2.75) is 45.7 Å². The number of carbonyl (C=O) groups is 2. The SMILES string of the molecule is Cc1ccc(-c2cc(C(=O)N3CCCC3C(=O)O)c3cnn(C(C)C)c3n2)s1. The minimum atomic E-state index is -0.955. The lowest BCUT2D eigenvalue weighted by Gasteiger charge is -2.22. The molecule has 1 aliphatic heterocycles. The van der Waals surface area contributed by atoms with Crippen LogP contribution in [0.25, 0.3) is 21.6 Å². The number of likely N-dealkylation sites (tertiary alicyclic amines) is 1. The number of thiophene rings is 1. The molecule has 1 atom stereocenters. The van der Waals surface area contributed by atoms with Crippen molar-refractivity contribution in [1.29, 1.82) is 0 Å². The molecule has 8 heteroatoms. The quantitative estimate of drug-likeness (QED) is 0.723. The Balaban J connectivity index is 1.89. The van der Waals surface area contributed by atoms with Crippen molar-refractivity contribution in [2.24, 2.45) is 0 Å². The average molecular weight is 398 g/mol. The number of hydrogen-bond acceptors (Lipinski definition) is 5. The Labute approximate surface area is 166 Å². The Morgan fingerprint density at radius 3 is 2.75 bits per heavy atom. The second-order valence-corrected chi connectivity index (χ2v) is 8.67. The molecule has 7 nitrogen and oxygen atoms in total. The van der Waals surface area contributed by atoms with Gasteiger partial charge in [0.15, 0.2) is 5.65 Å². The molecule has 1 amide bonds. The molecule has 0 spiro atoms. The number of amides is 1. The van der Waals surface area contributed by atoms with Gasteiger partial charge in [0.25, 0.3) is 5.91 Å². The van der Waals surface area contributed by atoms with Crippen LogP contribution in [0.1, 0.15) is 48.0 Å². The summed E-state index contributed by atoms with van der Waals surface area (Å²) in [6.07, 6.45) is 2.83. The number of carboxylic acid groups (broad SMARTS) is 1. The maximum atomic E-state index is 13.3. The zero-order valence-electron chi connectivity index (χ0n) is 16.0. The van der Waals surface area contributed by atoms with Crippen LogP contribution in [0, 0.1) is 6.92 Å². The summed E-state index contributed by atoms with van der Waals surface area (Å²) in [6, 6.07) is 5.11. The summed E-state index contributed by atoms with van der Waals surface area (Å²) in [6.45, 7) is 6.50. The number of nitrogens with zero attached hydrogens (tertiary/aromatic N) is 4. The van der Waals surface area contributed by atoms with Gasteiger partial charge in [0.05, 0.1) is 27.7 Å². The molecule has 0 radical (unpaired) electrons. The average Bonchev–Trinajstić information content (AvgIpc) is 3.38.